The molecular weight excluding hydrogens is 592 g/mol. The van der Waals surface area contributed by atoms with Gasteiger partial charge in [-0.2, -0.15) is 0 Å². The summed E-state index contributed by atoms with van der Waals surface area (Å²) in [5, 5.41) is 0. The van der Waals surface area contributed by atoms with Crippen molar-refractivity contribution in [2.45, 2.75) is 131 Å². The molecule has 2 aromatic carbocycles. The maximum absolute atomic E-state index is 12.8. The van der Waals surface area contributed by atoms with E-state index < -0.39 is 0 Å². The van der Waals surface area contributed by atoms with Crippen molar-refractivity contribution >= 4 is 5.97 Å². The zero-order valence-corrected chi connectivity index (χ0v) is 30.5. The minimum absolute atomic E-state index is 0.00959. The Labute approximate surface area is 290 Å². The maximum Gasteiger partial charge on any atom is 0.306 e. The zero-order chi connectivity index (χ0) is 33.7. The molecule has 1 heterocycles. The van der Waals surface area contributed by atoms with Gasteiger partial charge in [-0.05, 0) is 95.5 Å². The third-order valence-corrected chi connectivity index (χ3v) is 14.9. The molecule has 48 heavy (non-hydrogen) atoms. The van der Waals surface area contributed by atoms with Gasteiger partial charge in [-0.25, -0.2) is 0 Å². The molecule has 0 spiro atoms. The summed E-state index contributed by atoms with van der Waals surface area (Å²) in [7, 11) is 0. The average Bonchev–Trinajstić information content (AvgIpc) is 3.44. The number of cyclic esters (lactones) is 1. The molecule has 5 aliphatic rings. The first-order valence-corrected chi connectivity index (χ1v) is 19.3. The Bertz CT molecular complexity index is 1450. The first-order chi connectivity index (χ1) is 23.0. The molecule has 0 N–H and O–H groups in total. The molecule has 3 saturated carbocycles. The van der Waals surface area contributed by atoms with Crippen LogP contribution in [0.2, 0.25) is 0 Å². The first kappa shape index (κ1) is 34.0. The number of carbonyl (C=O) groups is 1. The van der Waals surface area contributed by atoms with Crippen molar-refractivity contribution < 1.29 is 19.0 Å². The van der Waals surface area contributed by atoms with Gasteiger partial charge in [0.05, 0.1) is 25.4 Å². The number of hydrogen-bond acceptors (Lipinski definition) is 4. The van der Waals surface area contributed by atoms with Crippen LogP contribution >= 0.6 is 0 Å². The topological polar surface area (TPSA) is 44.8 Å². The Kier molecular flexibility index (Phi) is 9.48. The van der Waals surface area contributed by atoms with Crippen LogP contribution in [-0.4, -0.2) is 24.3 Å². The first-order valence-electron chi connectivity index (χ1n) is 19.3. The quantitative estimate of drug-likeness (QED) is 0.200. The average molecular weight is 653 g/mol. The Balaban J connectivity index is 1.25. The van der Waals surface area contributed by atoms with E-state index in [1.807, 2.05) is 0 Å². The van der Waals surface area contributed by atoms with Crippen LogP contribution in [-0.2, 0) is 32.2 Å². The number of fused-ring (bicyclic) bond motifs is 5. The number of esters is 1. The van der Waals surface area contributed by atoms with Crippen LogP contribution in [0.1, 0.15) is 110 Å². The Morgan fingerprint density at radius 1 is 0.792 bits per heavy atom. The summed E-state index contributed by atoms with van der Waals surface area (Å²) in [6.45, 7) is 15.9. The van der Waals surface area contributed by atoms with Crippen LogP contribution in [0.3, 0.4) is 0 Å². The SMILES string of the molecule is CC(C)C1CC(=O)OC(C(C)C2=CCC3C4[C@@H](OCc5ccccc5)[C@H](OCc5ccccc5)C5CCCC[C@]5(C)[C@@]4(C)CC[C@]23C)C1. The highest BCUT2D eigenvalue weighted by Crippen LogP contribution is 2.73. The van der Waals surface area contributed by atoms with E-state index in [4.69, 9.17) is 14.2 Å². The predicted octanol–water partition coefficient (Wildman–Crippen LogP) is 10.4. The fourth-order valence-electron chi connectivity index (χ4n) is 11.8. The lowest BCUT2D eigenvalue weighted by atomic mass is 9.37. The van der Waals surface area contributed by atoms with Gasteiger partial charge in [0.2, 0.25) is 0 Å². The third kappa shape index (κ3) is 5.81. The molecule has 7 rings (SSSR count). The summed E-state index contributed by atoms with van der Waals surface area (Å²) in [6.07, 6.45) is 12.7. The number of benzene rings is 2. The van der Waals surface area contributed by atoms with Crippen LogP contribution < -0.4 is 0 Å². The minimum atomic E-state index is -0.0348. The van der Waals surface area contributed by atoms with Crippen molar-refractivity contribution in [3.63, 3.8) is 0 Å². The fourth-order valence-corrected chi connectivity index (χ4v) is 11.8. The van der Waals surface area contributed by atoms with E-state index in [1.165, 1.54) is 55.2 Å². The van der Waals surface area contributed by atoms with Crippen molar-refractivity contribution in [2.75, 3.05) is 0 Å². The van der Waals surface area contributed by atoms with E-state index in [0.717, 1.165) is 12.8 Å². The number of ether oxygens (including phenoxy) is 3. The predicted molar refractivity (Wildman–Crippen MR) is 192 cm³/mol. The lowest BCUT2D eigenvalue weighted by Crippen LogP contribution is -2.68. The number of carbonyl (C=O) groups excluding carboxylic acids is 1. The van der Waals surface area contributed by atoms with Gasteiger partial charge in [0.25, 0.3) is 0 Å². The summed E-state index contributed by atoms with van der Waals surface area (Å²) >= 11 is 0. The normalized spacial score (nSPS) is 39.9. The number of hydrogen-bond donors (Lipinski definition) is 0. The van der Waals surface area contributed by atoms with Crippen LogP contribution in [0.4, 0.5) is 0 Å². The molecular formula is C44H60O4. The second kappa shape index (κ2) is 13.4. The fraction of sp³-hybridized carbons (Fsp3) is 0.659. The molecule has 0 radical (unpaired) electrons. The largest absolute Gasteiger partial charge is 0.462 e. The van der Waals surface area contributed by atoms with Gasteiger partial charge in [0.1, 0.15) is 6.10 Å². The molecule has 11 atom stereocenters. The highest BCUT2D eigenvalue weighted by Gasteiger charge is 2.69. The third-order valence-electron chi connectivity index (χ3n) is 14.9. The van der Waals surface area contributed by atoms with Crippen molar-refractivity contribution in [3.05, 3.63) is 83.4 Å². The van der Waals surface area contributed by atoms with Crippen LogP contribution in [0.15, 0.2) is 72.3 Å². The summed E-state index contributed by atoms with van der Waals surface area (Å²) in [5.41, 5.74) is 4.41. The maximum atomic E-state index is 12.8. The van der Waals surface area contributed by atoms with Crippen molar-refractivity contribution in [2.24, 2.45) is 51.8 Å². The van der Waals surface area contributed by atoms with E-state index in [0.29, 0.717) is 49.2 Å². The number of rotatable bonds is 9. The molecule has 1 aliphatic heterocycles. The molecule has 0 bridgehead atoms. The summed E-state index contributed by atoms with van der Waals surface area (Å²) < 4.78 is 20.7. The van der Waals surface area contributed by atoms with Crippen molar-refractivity contribution in [3.8, 4) is 0 Å². The standard InChI is InChI=1S/C44H60O4/c1-29(2)33-25-37(48-38(45)26-33)30(3)34-20-21-35-39-41(47-28-32-17-11-8-12-18-32)40(46-27-31-15-9-7-10-16-31)36-19-13-14-22-43(36,5)44(39,6)24-23-42(34,35)4/h7-12,15-18,20,29-30,33,35-37,39-41H,13-14,19,21-28H2,1-6H3/t30?,33?,35?,36?,37?,39?,40-,41-,42-,43+,44+/m1/s1. The van der Waals surface area contributed by atoms with Crippen LogP contribution in [0.5, 0.6) is 0 Å². The van der Waals surface area contributed by atoms with Crippen LogP contribution in [0, 0.1) is 51.8 Å². The second-order valence-electron chi connectivity index (χ2n) is 17.4. The van der Waals surface area contributed by atoms with Gasteiger partial charge in [-0.3, -0.25) is 4.79 Å². The highest BCUT2D eigenvalue weighted by molar-refractivity contribution is 5.70. The molecule has 6 unspecified atom stereocenters. The van der Waals surface area contributed by atoms with Gasteiger partial charge in [0.15, 0.2) is 0 Å². The smallest absolute Gasteiger partial charge is 0.306 e. The van der Waals surface area contributed by atoms with Gasteiger partial charge in [-0.15, -0.1) is 0 Å². The van der Waals surface area contributed by atoms with E-state index in [2.05, 4.69) is 108 Å². The van der Waals surface area contributed by atoms with Gasteiger partial charge < -0.3 is 14.2 Å². The molecule has 0 amide bonds. The molecule has 260 valence electrons. The van der Waals surface area contributed by atoms with Gasteiger partial charge in [0, 0.05) is 12.3 Å². The van der Waals surface area contributed by atoms with Gasteiger partial charge in [-0.1, -0.05) is 127 Å². The van der Waals surface area contributed by atoms with Crippen molar-refractivity contribution in [1.82, 2.24) is 0 Å². The lowest BCUT2D eigenvalue weighted by molar-refractivity contribution is -0.277. The molecule has 1 saturated heterocycles. The van der Waals surface area contributed by atoms with E-state index in [9.17, 15) is 4.79 Å². The Hall–Kier alpha value is -2.43. The van der Waals surface area contributed by atoms with E-state index in [1.54, 1.807) is 0 Å². The Morgan fingerprint density at radius 2 is 1.44 bits per heavy atom. The molecule has 4 fully saturated rings. The molecule has 2 aromatic rings. The van der Waals surface area contributed by atoms with Crippen LogP contribution in [0.25, 0.3) is 0 Å². The minimum Gasteiger partial charge on any atom is -0.462 e. The lowest BCUT2D eigenvalue weighted by Gasteiger charge is -2.69. The molecule has 0 aromatic heterocycles. The van der Waals surface area contributed by atoms with E-state index >= 15 is 0 Å². The summed E-state index contributed by atoms with van der Waals surface area (Å²) in [4.78, 5) is 12.8. The van der Waals surface area contributed by atoms with Crippen molar-refractivity contribution in [1.29, 1.82) is 0 Å². The van der Waals surface area contributed by atoms with E-state index in [-0.39, 0.29) is 46.4 Å². The Morgan fingerprint density at radius 3 is 2.08 bits per heavy atom. The second-order valence-corrected chi connectivity index (χ2v) is 17.4. The monoisotopic (exact) mass is 652 g/mol. The summed E-state index contributed by atoms with van der Waals surface area (Å²) in [6, 6.07) is 21.5. The molecule has 4 heteroatoms. The summed E-state index contributed by atoms with van der Waals surface area (Å²) in [5.74, 6) is 2.43. The number of allylic oxidation sites excluding steroid dienone is 1. The molecule has 4 nitrogen and oxygen atoms in total. The molecule has 4 aliphatic carbocycles. The highest BCUT2D eigenvalue weighted by atomic mass is 16.5. The van der Waals surface area contributed by atoms with Gasteiger partial charge >= 0.3 is 5.97 Å². The zero-order valence-electron chi connectivity index (χ0n) is 30.5.